The van der Waals surface area contributed by atoms with Crippen molar-refractivity contribution in [2.24, 2.45) is 5.92 Å². The molecule has 1 saturated carbocycles. The third-order valence-electron chi connectivity index (χ3n) is 3.20. The lowest BCUT2D eigenvalue weighted by Gasteiger charge is -2.20. The van der Waals surface area contributed by atoms with Crippen LogP contribution in [0.3, 0.4) is 0 Å². The highest BCUT2D eigenvalue weighted by molar-refractivity contribution is 5.30. The Bertz CT molecular complexity index is 345. The smallest absolute Gasteiger partial charge is 0.144 e. The van der Waals surface area contributed by atoms with Gasteiger partial charge in [-0.15, -0.1) is 0 Å². The van der Waals surface area contributed by atoms with Crippen molar-refractivity contribution < 1.29 is 0 Å². The van der Waals surface area contributed by atoms with E-state index < -0.39 is 0 Å². The van der Waals surface area contributed by atoms with Gasteiger partial charge in [-0.05, 0) is 38.6 Å². The first-order valence-corrected chi connectivity index (χ1v) is 7.09. The standard InChI is InChI=1S/C14H24N4/c1-3-7-18(10-12-5-6-12)11-13-8-17-14(9-16-13)15-4-2/h8-9,12H,3-7,10-11H2,1-2H3,(H,15,17). The van der Waals surface area contributed by atoms with Crippen molar-refractivity contribution in [1.82, 2.24) is 14.9 Å². The van der Waals surface area contributed by atoms with E-state index in [0.29, 0.717) is 0 Å². The molecule has 2 rings (SSSR count). The Hall–Kier alpha value is -1.16. The van der Waals surface area contributed by atoms with E-state index in [1.807, 2.05) is 12.4 Å². The number of nitrogens with one attached hydrogen (secondary N) is 1. The summed E-state index contributed by atoms with van der Waals surface area (Å²) in [7, 11) is 0. The fourth-order valence-electron chi connectivity index (χ4n) is 2.15. The summed E-state index contributed by atoms with van der Waals surface area (Å²) < 4.78 is 0. The highest BCUT2D eigenvalue weighted by atomic mass is 15.1. The van der Waals surface area contributed by atoms with Gasteiger partial charge in [-0.25, -0.2) is 4.98 Å². The molecule has 100 valence electrons. The zero-order chi connectivity index (χ0) is 12.8. The first kappa shape index (κ1) is 13.3. The average molecular weight is 248 g/mol. The van der Waals surface area contributed by atoms with Crippen molar-refractivity contribution in [2.45, 2.75) is 39.7 Å². The molecule has 0 aromatic carbocycles. The van der Waals surface area contributed by atoms with Gasteiger partial charge in [0.2, 0.25) is 0 Å². The lowest BCUT2D eigenvalue weighted by molar-refractivity contribution is 0.252. The number of rotatable bonds is 8. The molecule has 1 N–H and O–H groups in total. The first-order valence-electron chi connectivity index (χ1n) is 7.09. The second-order valence-corrected chi connectivity index (χ2v) is 5.10. The van der Waals surface area contributed by atoms with Crippen LogP contribution in [0.2, 0.25) is 0 Å². The fraction of sp³-hybridized carbons (Fsp3) is 0.714. The van der Waals surface area contributed by atoms with Crippen molar-refractivity contribution in [3.05, 3.63) is 18.1 Å². The minimum absolute atomic E-state index is 0.866. The summed E-state index contributed by atoms with van der Waals surface area (Å²) >= 11 is 0. The van der Waals surface area contributed by atoms with Gasteiger partial charge in [0.05, 0.1) is 18.1 Å². The molecule has 1 aliphatic rings. The Balaban J connectivity index is 1.88. The van der Waals surface area contributed by atoms with Crippen LogP contribution >= 0.6 is 0 Å². The van der Waals surface area contributed by atoms with E-state index in [1.165, 1.54) is 25.8 Å². The molecular weight excluding hydrogens is 224 g/mol. The Morgan fingerprint density at radius 2 is 2.11 bits per heavy atom. The van der Waals surface area contributed by atoms with E-state index in [9.17, 15) is 0 Å². The van der Waals surface area contributed by atoms with Crippen LogP contribution in [0.1, 0.15) is 38.8 Å². The number of anilines is 1. The number of hydrogen-bond donors (Lipinski definition) is 1. The minimum Gasteiger partial charge on any atom is -0.369 e. The first-order chi connectivity index (χ1) is 8.81. The van der Waals surface area contributed by atoms with Gasteiger partial charge >= 0.3 is 0 Å². The highest BCUT2D eigenvalue weighted by Gasteiger charge is 2.24. The van der Waals surface area contributed by atoms with E-state index in [1.54, 1.807) is 0 Å². The summed E-state index contributed by atoms with van der Waals surface area (Å²) in [6, 6.07) is 0. The molecular formula is C14H24N4. The number of hydrogen-bond acceptors (Lipinski definition) is 4. The van der Waals surface area contributed by atoms with E-state index in [-0.39, 0.29) is 0 Å². The molecule has 4 heteroatoms. The summed E-state index contributed by atoms with van der Waals surface area (Å²) in [5, 5.41) is 3.17. The van der Waals surface area contributed by atoms with Crippen LogP contribution in [0.4, 0.5) is 5.82 Å². The second kappa shape index (κ2) is 6.69. The molecule has 0 spiro atoms. The summed E-state index contributed by atoms with van der Waals surface area (Å²) in [5.41, 5.74) is 1.07. The number of aromatic nitrogens is 2. The van der Waals surface area contributed by atoms with Gasteiger partial charge in [0.15, 0.2) is 0 Å². The molecule has 0 atom stereocenters. The molecule has 0 bridgehead atoms. The normalized spacial score (nSPS) is 15.1. The zero-order valence-electron chi connectivity index (χ0n) is 11.5. The van der Waals surface area contributed by atoms with Crippen molar-refractivity contribution >= 4 is 5.82 Å². The fourth-order valence-corrected chi connectivity index (χ4v) is 2.15. The Kier molecular flexibility index (Phi) is 4.93. The monoisotopic (exact) mass is 248 g/mol. The molecule has 18 heavy (non-hydrogen) atoms. The second-order valence-electron chi connectivity index (χ2n) is 5.10. The van der Waals surface area contributed by atoms with Gasteiger partial charge in [-0.1, -0.05) is 6.92 Å². The summed E-state index contributed by atoms with van der Waals surface area (Å²) in [4.78, 5) is 11.4. The molecule has 1 fully saturated rings. The molecule has 0 amide bonds. The lowest BCUT2D eigenvalue weighted by atomic mass is 10.3. The van der Waals surface area contributed by atoms with Crippen LogP contribution in [-0.2, 0) is 6.54 Å². The summed E-state index contributed by atoms with van der Waals surface area (Å²) in [6.45, 7) is 8.51. The van der Waals surface area contributed by atoms with Gasteiger partial charge in [0.1, 0.15) is 5.82 Å². The van der Waals surface area contributed by atoms with Gasteiger partial charge in [0, 0.05) is 19.6 Å². The Morgan fingerprint density at radius 1 is 1.28 bits per heavy atom. The molecule has 1 heterocycles. The van der Waals surface area contributed by atoms with E-state index >= 15 is 0 Å². The molecule has 0 unspecified atom stereocenters. The summed E-state index contributed by atoms with van der Waals surface area (Å²) in [6.07, 6.45) is 7.75. The topological polar surface area (TPSA) is 41.1 Å². The van der Waals surface area contributed by atoms with Gasteiger partial charge in [0.25, 0.3) is 0 Å². The molecule has 4 nitrogen and oxygen atoms in total. The molecule has 1 aromatic heterocycles. The molecule has 1 aliphatic carbocycles. The van der Waals surface area contributed by atoms with Crippen LogP contribution in [0.15, 0.2) is 12.4 Å². The maximum atomic E-state index is 4.48. The van der Waals surface area contributed by atoms with Gasteiger partial charge < -0.3 is 5.32 Å². The van der Waals surface area contributed by atoms with E-state index in [0.717, 1.165) is 37.1 Å². The SMILES string of the molecule is CCCN(Cc1cnc(NCC)cn1)CC1CC1. The van der Waals surface area contributed by atoms with E-state index in [2.05, 4.69) is 34.0 Å². The van der Waals surface area contributed by atoms with Crippen LogP contribution in [-0.4, -0.2) is 34.5 Å². The predicted molar refractivity (Wildman–Crippen MR) is 74.5 cm³/mol. The molecule has 0 saturated heterocycles. The predicted octanol–water partition coefficient (Wildman–Crippen LogP) is 2.53. The van der Waals surface area contributed by atoms with Gasteiger partial charge in [-0.2, -0.15) is 0 Å². The van der Waals surface area contributed by atoms with Crippen molar-refractivity contribution in [2.75, 3.05) is 25.0 Å². The average Bonchev–Trinajstić information content (AvgIpc) is 3.16. The van der Waals surface area contributed by atoms with Crippen molar-refractivity contribution in [3.63, 3.8) is 0 Å². The van der Waals surface area contributed by atoms with Crippen LogP contribution < -0.4 is 5.32 Å². The maximum absolute atomic E-state index is 4.48. The highest BCUT2D eigenvalue weighted by Crippen LogP contribution is 2.30. The largest absolute Gasteiger partial charge is 0.369 e. The molecule has 1 aromatic rings. The lowest BCUT2D eigenvalue weighted by Crippen LogP contribution is -2.27. The summed E-state index contributed by atoms with van der Waals surface area (Å²) in [5.74, 6) is 1.80. The van der Waals surface area contributed by atoms with Crippen LogP contribution in [0, 0.1) is 5.92 Å². The number of nitrogens with zero attached hydrogens (tertiary/aromatic N) is 3. The van der Waals surface area contributed by atoms with E-state index in [4.69, 9.17) is 0 Å². The Morgan fingerprint density at radius 3 is 2.67 bits per heavy atom. The molecule has 0 aliphatic heterocycles. The minimum atomic E-state index is 0.866. The maximum Gasteiger partial charge on any atom is 0.144 e. The van der Waals surface area contributed by atoms with Crippen molar-refractivity contribution in [3.8, 4) is 0 Å². The third kappa shape index (κ3) is 4.26. The quantitative estimate of drug-likeness (QED) is 0.767. The molecule has 0 radical (unpaired) electrons. The third-order valence-corrected chi connectivity index (χ3v) is 3.20. The van der Waals surface area contributed by atoms with Crippen LogP contribution in [0.25, 0.3) is 0 Å². The van der Waals surface area contributed by atoms with Crippen molar-refractivity contribution in [1.29, 1.82) is 0 Å². The van der Waals surface area contributed by atoms with Gasteiger partial charge in [-0.3, -0.25) is 9.88 Å². The van der Waals surface area contributed by atoms with Crippen LogP contribution in [0.5, 0.6) is 0 Å². The Labute approximate surface area is 110 Å². The zero-order valence-corrected chi connectivity index (χ0v) is 11.5.